The smallest absolute Gasteiger partial charge is 0.410 e. The summed E-state index contributed by atoms with van der Waals surface area (Å²) in [5.74, 6) is 1.46. The summed E-state index contributed by atoms with van der Waals surface area (Å²) in [7, 11) is 0. The Balaban J connectivity index is 1.08. The molecule has 8 heteroatoms. The summed E-state index contributed by atoms with van der Waals surface area (Å²) < 4.78 is 5.48. The van der Waals surface area contributed by atoms with E-state index in [4.69, 9.17) is 9.72 Å². The third kappa shape index (κ3) is 6.18. The van der Waals surface area contributed by atoms with Gasteiger partial charge in [-0.3, -0.25) is 9.69 Å². The third-order valence-electron chi connectivity index (χ3n) is 7.59. The SMILES string of the molecule is O=C(Nc1nc(-c2cccc(N(CC3CC3)CC3CC3)c2)cs1)[C@@H]1CCCN1C(=O)OCc1ccccc1. The van der Waals surface area contributed by atoms with Crippen molar-refractivity contribution in [3.63, 3.8) is 0 Å². The van der Waals surface area contributed by atoms with Crippen LogP contribution in [0.3, 0.4) is 0 Å². The predicted molar refractivity (Wildman–Crippen MR) is 150 cm³/mol. The number of carbonyl (C=O) groups is 2. The van der Waals surface area contributed by atoms with E-state index in [1.807, 2.05) is 35.7 Å². The van der Waals surface area contributed by atoms with Crippen LogP contribution in [-0.2, 0) is 16.1 Å². The third-order valence-corrected chi connectivity index (χ3v) is 8.35. The molecule has 3 aliphatic rings. The normalized spacial score (nSPS) is 18.8. The quantitative estimate of drug-likeness (QED) is 0.339. The van der Waals surface area contributed by atoms with Crippen molar-refractivity contribution >= 4 is 34.2 Å². The Morgan fingerprint density at radius 3 is 2.50 bits per heavy atom. The standard InChI is InChI=1S/C30H34N4O3S/c35-28(27-10-5-15-34(27)30(36)37-19-23-6-2-1-3-7-23)32-29-31-26(20-38-29)24-8-4-9-25(16-24)33(17-21-11-12-21)18-22-13-14-22/h1-4,6-9,16,20-22,27H,5,10-15,17-19H2,(H,31,32,35)/t27-/m0/s1. The number of hydrogen-bond donors (Lipinski definition) is 1. The lowest BCUT2D eigenvalue weighted by atomic mass is 10.1. The largest absolute Gasteiger partial charge is 0.445 e. The van der Waals surface area contributed by atoms with E-state index >= 15 is 0 Å². The number of thiazole rings is 1. The fourth-order valence-corrected chi connectivity index (χ4v) is 5.81. The Bertz CT molecular complexity index is 1260. The number of aromatic nitrogens is 1. The second kappa shape index (κ2) is 11.2. The Hall–Kier alpha value is -3.39. The van der Waals surface area contributed by atoms with Gasteiger partial charge in [-0.1, -0.05) is 42.5 Å². The summed E-state index contributed by atoms with van der Waals surface area (Å²) in [6.07, 6.45) is 6.32. The first-order chi connectivity index (χ1) is 18.6. The van der Waals surface area contributed by atoms with Gasteiger partial charge in [-0.05, 0) is 68.1 Å². The van der Waals surface area contributed by atoms with E-state index in [0.29, 0.717) is 18.1 Å². The van der Waals surface area contributed by atoms with E-state index in [1.54, 1.807) is 0 Å². The maximum absolute atomic E-state index is 13.1. The van der Waals surface area contributed by atoms with Crippen LogP contribution in [0.25, 0.3) is 11.3 Å². The first-order valence-electron chi connectivity index (χ1n) is 13.7. The Labute approximate surface area is 227 Å². The highest BCUT2D eigenvalue weighted by molar-refractivity contribution is 7.14. The van der Waals surface area contributed by atoms with Gasteiger partial charge < -0.3 is 15.0 Å². The fraction of sp³-hybridized carbons (Fsp3) is 0.433. The molecule has 1 aliphatic heterocycles. The second-order valence-electron chi connectivity index (χ2n) is 10.8. The van der Waals surface area contributed by atoms with Crippen molar-refractivity contribution in [3.8, 4) is 11.3 Å². The number of likely N-dealkylation sites (tertiary alicyclic amines) is 1. The Kier molecular flexibility index (Phi) is 7.31. The minimum absolute atomic E-state index is 0.193. The van der Waals surface area contributed by atoms with Crippen molar-refractivity contribution in [1.82, 2.24) is 9.88 Å². The summed E-state index contributed by atoms with van der Waals surface area (Å²) in [6, 6.07) is 17.6. The Morgan fingerprint density at radius 2 is 1.76 bits per heavy atom. The van der Waals surface area contributed by atoms with Crippen LogP contribution in [0.1, 0.15) is 44.1 Å². The van der Waals surface area contributed by atoms with Gasteiger partial charge in [0.1, 0.15) is 12.6 Å². The lowest BCUT2D eigenvalue weighted by Gasteiger charge is -2.25. The van der Waals surface area contributed by atoms with Crippen molar-refractivity contribution in [2.24, 2.45) is 11.8 Å². The number of amides is 2. The number of nitrogens with one attached hydrogen (secondary N) is 1. The van der Waals surface area contributed by atoms with Gasteiger partial charge in [0.15, 0.2) is 5.13 Å². The molecular formula is C30H34N4O3S. The molecule has 38 heavy (non-hydrogen) atoms. The average molecular weight is 531 g/mol. The summed E-state index contributed by atoms with van der Waals surface area (Å²) >= 11 is 1.41. The molecule has 0 spiro atoms. The molecule has 0 bridgehead atoms. The number of benzene rings is 2. The molecule has 1 N–H and O–H groups in total. The van der Waals surface area contributed by atoms with Crippen LogP contribution in [0.2, 0.25) is 0 Å². The van der Waals surface area contributed by atoms with E-state index in [0.717, 1.165) is 48.2 Å². The van der Waals surface area contributed by atoms with Gasteiger partial charge in [-0.2, -0.15) is 0 Å². The molecule has 1 aromatic heterocycles. The van der Waals surface area contributed by atoms with Crippen molar-refractivity contribution in [1.29, 1.82) is 0 Å². The summed E-state index contributed by atoms with van der Waals surface area (Å²) in [4.78, 5) is 34.6. The average Bonchev–Trinajstić information content (AvgIpc) is 3.85. The summed E-state index contributed by atoms with van der Waals surface area (Å²) in [6.45, 7) is 2.99. The van der Waals surface area contributed by atoms with E-state index in [2.05, 4.69) is 34.5 Å². The van der Waals surface area contributed by atoms with Crippen LogP contribution in [0.5, 0.6) is 0 Å². The molecule has 2 amide bonds. The molecule has 2 aromatic carbocycles. The summed E-state index contributed by atoms with van der Waals surface area (Å²) in [5, 5.41) is 5.48. The van der Waals surface area contributed by atoms with Crippen LogP contribution < -0.4 is 10.2 Å². The molecule has 1 atom stereocenters. The van der Waals surface area contributed by atoms with Crippen molar-refractivity contribution in [2.75, 3.05) is 29.9 Å². The van der Waals surface area contributed by atoms with Gasteiger partial charge in [-0.25, -0.2) is 9.78 Å². The maximum atomic E-state index is 13.1. The highest BCUT2D eigenvalue weighted by Crippen LogP contribution is 2.37. The lowest BCUT2D eigenvalue weighted by molar-refractivity contribution is -0.120. The molecule has 2 aliphatic carbocycles. The molecule has 2 heterocycles. The molecule has 0 unspecified atom stereocenters. The van der Waals surface area contributed by atoms with E-state index in [-0.39, 0.29) is 12.5 Å². The minimum atomic E-state index is -0.549. The molecule has 198 valence electrons. The minimum Gasteiger partial charge on any atom is -0.445 e. The van der Waals surface area contributed by atoms with Crippen LogP contribution in [0.4, 0.5) is 15.6 Å². The lowest BCUT2D eigenvalue weighted by Crippen LogP contribution is -2.43. The van der Waals surface area contributed by atoms with Gasteiger partial charge in [-0.15, -0.1) is 11.3 Å². The van der Waals surface area contributed by atoms with Crippen LogP contribution in [0, 0.1) is 11.8 Å². The number of anilines is 2. The number of nitrogens with zero attached hydrogens (tertiary/aromatic N) is 3. The molecule has 2 saturated carbocycles. The zero-order valence-corrected chi connectivity index (χ0v) is 22.4. The Morgan fingerprint density at radius 1 is 1.00 bits per heavy atom. The van der Waals surface area contributed by atoms with E-state index < -0.39 is 12.1 Å². The second-order valence-corrected chi connectivity index (χ2v) is 11.6. The van der Waals surface area contributed by atoms with Crippen molar-refractivity contribution in [3.05, 3.63) is 65.5 Å². The van der Waals surface area contributed by atoms with Crippen LogP contribution >= 0.6 is 11.3 Å². The molecular weight excluding hydrogens is 496 g/mol. The number of rotatable bonds is 10. The molecule has 0 radical (unpaired) electrons. The fourth-order valence-electron chi connectivity index (χ4n) is 5.08. The van der Waals surface area contributed by atoms with Crippen LogP contribution in [0.15, 0.2) is 60.0 Å². The van der Waals surface area contributed by atoms with Crippen molar-refractivity contribution < 1.29 is 14.3 Å². The topological polar surface area (TPSA) is 74.8 Å². The number of carbonyl (C=O) groups excluding carboxylic acids is 2. The first kappa shape index (κ1) is 24.9. The van der Waals surface area contributed by atoms with Gasteiger partial charge in [0.05, 0.1) is 5.69 Å². The number of hydrogen-bond acceptors (Lipinski definition) is 6. The van der Waals surface area contributed by atoms with E-state index in [1.165, 1.54) is 47.6 Å². The molecule has 1 saturated heterocycles. The number of ether oxygens (including phenoxy) is 1. The molecule has 7 nitrogen and oxygen atoms in total. The predicted octanol–water partition coefficient (Wildman–Crippen LogP) is 6.18. The monoisotopic (exact) mass is 530 g/mol. The molecule has 3 fully saturated rings. The van der Waals surface area contributed by atoms with Gasteiger partial charge in [0, 0.05) is 36.3 Å². The first-order valence-corrected chi connectivity index (χ1v) is 14.6. The molecule has 3 aromatic rings. The van der Waals surface area contributed by atoms with Crippen LogP contribution in [-0.4, -0.2) is 47.6 Å². The highest BCUT2D eigenvalue weighted by Gasteiger charge is 2.35. The zero-order valence-electron chi connectivity index (χ0n) is 21.6. The van der Waals surface area contributed by atoms with E-state index in [9.17, 15) is 9.59 Å². The maximum Gasteiger partial charge on any atom is 0.410 e. The van der Waals surface area contributed by atoms with Gasteiger partial charge in [0.2, 0.25) is 5.91 Å². The van der Waals surface area contributed by atoms with Gasteiger partial charge >= 0.3 is 6.09 Å². The molecule has 6 rings (SSSR count). The zero-order chi connectivity index (χ0) is 25.9. The van der Waals surface area contributed by atoms with Crippen molar-refractivity contribution in [2.45, 2.75) is 51.2 Å². The highest BCUT2D eigenvalue weighted by atomic mass is 32.1. The summed E-state index contributed by atoms with van der Waals surface area (Å²) in [5.41, 5.74) is 4.09. The van der Waals surface area contributed by atoms with Gasteiger partial charge in [0.25, 0.3) is 0 Å².